The molecule has 0 saturated heterocycles. The summed E-state index contributed by atoms with van der Waals surface area (Å²) in [4.78, 5) is 4.60. The van der Waals surface area contributed by atoms with Gasteiger partial charge in [0.2, 0.25) is 0 Å². The van der Waals surface area contributed by atoms with E-state index in [4.69, 9.17) is 0 Å². The Morgan fingerprint density at radius 2 is 1.85 bits per heavy atom. The molecule has 20 heavy (non-hydrogen) atoms. The predicted molar refractivity (Wildman–Crippen MR) is 88.6 cm³/mol. The zero-order valence-corrected chi connectivity index (χ0v) is 13.3. The Kier molecular flexibility index (Phi) is 4.27. The zero-order chi connectivity index (χ0) is 14.8. The second-order valence-corrected chi connectivity index (χ2v) is 6.59. The van der Waals surface area contributed by atoms with Gasteiger partial charge in [0.15, 0.2) is 0 Å². The maximum absolute atomic E-state index is 4.60. The fraction of sp³-hybridized carbons (Fsp3) is 0.421. The molecule has 1 atom stereocenters. The summed E-state index contributed by atoms with van der Waals surface area (Å²) in [6.45, 7) is 10.8. The van der Waals surface area contributed by atoms with Crippen LogP contribution in [0.4, 0.5) is 0 Å². The summed E-state index contributed by atoms with van der Waals surface area (Å²) in [6.07, 6.45) is 7.51. The maximum atomic E-state index is 4.60. The van der Waals surface area contributed by atoms with Crippen LogP contribution in [0.15, 0.2) is 52.6 Å². The first-order valence-corrected chi connectivity index (χ1v) is 7.35. The molecule has 1 aliphatic rings. The SMILES string of the molecule is CC1=C(C)C(c2ccccc2CC=NC(C)(C)C)C=C1. The van der Waals surface area contributed by atoms with Crippen molar-refractivity contribution in [1.82, 2.24) is 0 Å². The fourth-order valence-corrected chi connectivity index (χ4v) is 2.54. The van der Waals surface area contributed by atoms with Gasteiger partial charge in [-0.15, -0.1) is 0 Å². The van der Waals surface area contributed by atoms with Crippen LogP contribution in [0.5, 0.6) is 0 Å². The lowest BCUT2D eigenvalue weighted by molar-refractivity contribution is 0.585. The van der Waals surface area contributed by atoms with Crippen LogP contribution in [0.3, 0.4) is 0 Å². The molecular formula is C19H25N. The molecule has 0 aliphatic heterocycles. The van der Waals surface area contributed by atoms with Crippen LogP contribution in [0, 0.1) is 0 Å². The predicted octanol–water partition coefficient (Wildman–Crippen LogP) is 5.09. The minimum Gasteiger partial charge on any atom is -0.291 e. The van der Waals surface area contributed by atoms with Crippen molar-refractivity contribution in [3.05, 3.63) is 58.7 Å². The topological polar surface area (TPSA) is 12.4 Å². The number of nitrogens with zero attached hydrogens (tertiary/aromatic N) is 1. The minimum absolute atomic E-state index is 0.00854. The van der Waals surface area contributed by atoms with E-state index in [9.17, 15) is 0 Å². The van der Waals surface area contributed by atoms with E-state index in [1.165, 1.54) is 22.3 Å². The quantitative estimate of drug-likeness (QED) is 0.677. The lowest BCUT2D eigenvalue weighted by Crippen LogP contribution is -2.10. The van der Waals surface area contributed by atoms with Gasteiger partial charge in [-0.2, -0.15) is 0 Å². The molecule has 1 heteroatoms. The summed E-state index contributed by atoms with van der Waals surface area (Å²) < 4.78 is 0. The average Bonchev–Trinajstić information content (AvgIpc) is 2.69. The largest absolute Gasteiger partial charge is 0.291 e. The molecule has 0 radical (unpaired) electrons. The highest BCUT2D eigenvalue weighted by atomic mass is 14.8. The van der Waals surface area contributed by atoms with Crippen molar-refractivity contribution in [2.45, 2.75) is 52.5 Å². The molecule has 0 saturated carbocycles. The summed E-state index contributed by atoms with van der Waals surface area (Å²) >= 11 is 0. The van der Waals surface area contributed by atoms with Gasteiger partial charge in [-0.25, -0.2) is 0 Å². The number of hydrogen-bond donors (Lipinski definition) is 0. The Morgan fingerprint density at radius 3 is 2.45 bits per heavy atom. The van der Waals surface area contributed by atoms with E-state index in [1.807, 2.05) is 0 Å². The molecule has 106 valence electrons. The molecule has 0 heterocycles. The summed E-state index contributed by atoms with van der Waals surface area (Å²) in [5.74, 6) is 0.439. The van der Waals surface area contributed by atoms with E-state index in [0.717, 1.165) is 6.42 Å². The molecule has 1 unspecified atom stereocenters. The number of aliphatic imine (C=N–C) groups is 1. The lowest BCUT2D eigenvalue weighted by Gasteiger charge is -2.16. The highest BCUT2D eigenvalue weighted by molar-refractivity contribution is 5.64. The molecule has 0 bridgehead atoms. The standard InChI is InChI=1S/C19H25N/c1-14-10-11-17(15(14)2)18-9-7-6-8-16(18)12-13-20-19(3,4)5/h6-11,13,17H,12H2,1-5H3. The summed E-state index contributed by atoms with van der Waals surface area (Å²) in [5.41, 5.74) is 5.66. The average molecular weight is 267 g/mol. The van der Waals surface area contributed by atoms with Crippen LogP contribution in [0.1, 0.15) is 51.7 Å². The Labute approximate surface area is 123 Å². The van der Waals surface area contributed by atoms with Crippen LogP contribution >= 0.6 is 0 Å². The first-order valence-electron chi connectivity index (χ1n) is 7.35. The van der Waals surface area contributed by atoms with Gasteiger partial charge >= 0.3 is 0 Å². The van der Waals surface area contributed by atoms with Gasteiger partial charge in [0.25, 0.3) is 0 Å². The van der Waals surface area contributed by atoms with Crippen molar-refractivity contribution >= 4 is 6.21 Å². The Hall–Kier alpha value is -1.63. The Morgan fingerprint density at radius 1 is 1.15 bits per heavy atom. The van der Waals surface area contributed by atoms with Crippen molar-refractivity contribution < 1.29 is 0 Å². The lowest BCUT2D eigenvalue weighted by atomic mass is 9.89. The molecule has 1 aliphatic carbocycles. The number of benzene rings is 1. The third kappa shape index (κ3) is 3.47. The normalized spacial score (nSPS) is 19.4. The summed E-state index contributed by atoms with van der Waals surface area (Å²) in [6, 6.07) is 8.72. The molecular weight excluding hydrogens is 242 g/mol. The van der Waals surface area contributed by atoms with Crippen LogP contribution in [-0.2, 0) is 6.42 Å². The van der Waals surface area contributed by atoms with Crippen LogP contribution in [0.25, 0.3) is 0 Å². The molecule has 1 aromatic rings. The molecule has 1 aromatic carbocycles. The molecule has 0 amide bonds. The van der Waals surface area contributed by atoms with Gasteiger partial charge in [0, 0.05) is 18.6 Å². The molecule has 0 fully saturated rings. The molecule has 0 spiro atoms. The number of rotatable bonds is 3. The third-order valence-corrected chi connectivity index (χ3v) is 3.81. The van der Waals surface area contributed by atoms with Crippen molar-refractivity contribution in [1.29, 1.82) is 0 Å². The van der Waals surface area contributed by atoms with Crippen molar-refractivity contribution in [3.8, 4) is 0 Å². The first kappa shape index (κ1) is 14.8. The fourth-order valence-electron chi connectivity index (χ4n) is 2.54. The second-order valence-electron chi connectivity index (χ2n) is 6.59. The van der Waals surface area contributed by atoms with Crippen molar-refractivity contribution in [2.24, 2.45) is 4.99 Å². The van der Waals surface area contributed by atoms with E-state index in [2.05, 4.69) is 82.2 Å². The minimum atomic E-state index is 0.00854. The second kappa shape index (κ2) is 5.78. The van der Waals surface area contributed by atoms with Crippen LogP contribution in [0.2, 0.25) is 0 Å². The van der Waals surface area contributed by atoms with E-state index in [-0.39, 0.29) is 5.54 Å². The van der Waals surface area contributed by atoms with E-state index < -0.39 is 0 Å². The van der Waals surface area contributed by atoms with E-state index in [0.29, 0.717) is 5.92 Å². The maximum Gasteiger partial charge on any atom is 0.0520 e. The monoisotopic (exact) mass is 267 g/mol. The van der Waals surface area contributed by atoms with Crippen molar-refractivity contribution in [2.75, 3.05) is 0 Å². The van der Waals surface area contributed by atoms with Gasteiger partial charge in [-0.05, 0) is 45.7 Å². The highest BCUT2D eigenvalue weighted by Gasteiger charge is 2.18. The smallest absolute Gasteiger partial charge is 0.0520 e. The first-order chi connectivity index (χ1) is 9.38. The molecule has 1 nitrogen and oxygen atoms in total. The Balaban J connectivity index is 2.24. The molecule has 2 rings (SSSR count). The third-order valence-electron chi connectivity index (χ3n) is 3.81. The number of allylic oxidation sites excluding steroid dienone is 4. The van der Waals surface area contributed by atoms with Gasteiger partial charge in [0.1, 0.15) is 0 Å². The summed E-state index contributed by atoms with van der Waals surface area (Å²) in [7, 11) is 0. The number of hydrogen-bond acceptors (Lipinski definition) is 1. The van der Waals surface area contributed by atoms with Gasteiger partial charge in [0.05, 0.1) is 5.54 Å². The van der Waals surface area contributed by atoms with E-state index in [1.54, 1.807) is 0 Å². The highest BCUT2D eigenvalue weighted by Crippen LogP contribution is 2.35. The molecule has 0 aromatic heterocycles. The zero-order valence-electron chi connectivity index (χ0n) is 13.3. The van der Waals surface area contributed by atoms with Gasteiger partial charge < -0.3 is 0 Å². The van der Waals surface area contributed by atoms with E-state index >= 15 is 0 Å². The summed E-state index contributed by atoms with van der Waals surface area (Å²) in [5, 5.41) is 0. The Bertz CT molecular complexity index is 568. The van der Waals surface area contributed by atoms with Crippen LogP contribution in [-0.4, -0.2) is 11.8 Å². The van der Waals surface area contributed by atoms with Crippen molar-refractivity contribution in [3.63, 3.8) is 0 Å². The van der Waals surface area contributed by atoms with Gasteiger partial charge in [-0.1, -0.05) is 47.6 Å². The van der Waals surface area contributed by atoms with Gasteiger partial charge in [-0.3, -0.25) is 4.99 Å². The molecule has 0 N–H and O–H groups in total. The van der Waals surface area contributed by atoms with Crippen LogP contribution < -0.4 is 0 Å².